The average Bonchev–Trinajstić information content (AvgIpc) is 2.26. The van der Waals surface area contributed by atoms with Gasteiger partial charge in [0.15, 0.2) is 0 Å². The minimum absolute atomic E-state index is 0.564. The van der Waals surface area contributed by atoms with Gasteiger partial charge in [-0.1, -0.05) is 6.92 Å². The predicted octanol–water partition coefficient (Wildman–Crippen LogP) is 1.72. The van der Waals surface area contributed by atoms with Crippen LogP contribution in [0.5, 0.6) is 5.88 Å². The summed E-state index contributed by atoms with van der Waals surface area (Å²) < 4.78 is 5.35. The van der Waals surface area contributed by atoms with Crippen LogP contribution in [-0.2, 0) is 0 Å². The molecule has 0 aromatic carbocycles. The van der Waals surface area contributed by atoms with Gasteiger partial charge in [-0.2, -0.15) is 0 Å². The molecular weight excluding hydrogens is 190 g/mol. The second-order valence-corrected chi connectivity index (χ2v) is 4.02. The van der Waals surface area contributed by atoms with E-state index in [9.17, 15) is 0 Å². The Morgan fingerprint density at radius 2 is 2.27 bits per heavy atom. The maximum absolute atomic E-state index is 5.35. The van der Waals surface area contributed by atoms with Crippen LogP contribution in [0, 0.1) is 5.92 Å². The van der Waals surface area contributed by atoms with Crippen molar-refractivity contribution in [3.63, 3.8) is 0 Å². The Kier molecular flexibility index (Phi) is 2.75. The molecular formula is C11H17N3O. The van der Waals surface area contributed by atoms with E-state index in [0.717, 1.165) is 18.3 Å². The molecule has 4 nitrogen and oxygen atoms in total. The summed E-state index contributed by atoms with van der Waals surface area (Å²) in [6.45, 7) is 8.14. The van der Waals surface area contributed by atoms with Gasteiger partial charge in [0.25, 0.3) is 0 Å². The van der Waals surface area contributed by atoms with E-state index in [1.54, 1.807) is 6.33 Å². The molecule has 0 unspecified atom stereocenters. The molecule has 2 heterocycles. The van der Waals surface area contributed by atoms with Crippen molar-refractivity contribution in [2.75, 3.05) is 18.1 Å². The molecule has 0 amide bonds. The Labute approximate surface area is 90.3 Å². The first kappa shape index (κ1) is 10.2. The van der Waals surface area contributed by atoms with Crippen LogP contribution in [0.2, 0.25) is 0 Å². The van der Waals surface area contributed by atoms with Crippen LogP contribution in [0.25, 0.3) is 0 Å². The molecule has 1 fully saturated rings. The molecule has 1 saturated heterocycles. The molecule has 0 aliphatic carbocycles. The van der Waals surface area contributed by atoms with E-state index >= 15 is 0 Å². The molecule has 4 heteroatoms. The second-order valence-electron chi connectivity index (χ2n) is 4.02. The fourth-order valence-electron chi connectivity index (χ4n) is 1.81. The Morgan fingerprint density at radius 3 is 2.87 bits per heavy atom. The third-order valence-corrected chi connectivity index (χ3v) is 3.01. The minimum atomic E-state index is 0.564. The molecule has 1 aliphatic heterocycles. The zero-order valence-corrected chi connectivity index (χ0v) is 9.47. The third kappa shape index (κ3) is 1.89. The van der Waals surface area contributed by atoms with Crippen LogP contribution in [0.15, 0.2) is 12.4 Å². The largest absolute Gasteiger partial charge is 0.478 e. The SMILES string of the molecule is CCOc1cc(N2C[C@H](C)[C@@H]2C)ncn1. The van der Waals surface area contributed by atoms with E-state index in [1.807, 2.05) is 13.0 Å². The van der Waals surface area contributed by atoms with Gasteiger partial charge in [-0.25, -0.2) is 9.97 Å². The van der Waals surface area contributed by atoms with E-state index in [4.69, 9.17) is 4.74 Å². The van der Waals surface area contributed by atoms with Gasteiger partial charge in [0.2, 0.25) is 5.88 Å². The smallest absolute Gasteiger partial charge is 0.218 e. The number of hydrogen-bond donors (Lipinski definition) is 0. The van der Waals surface area contributed by atoms with Gasteiger partial charge in [0.05, 0.1) is 6.61 Å². The summed E-state index contributed by atoms with van der Waals surface area (Å²) in [4.78, 5) is 10.6. The molecule has 82 valence electrons. The van der Waals surface area contributed by atoms with Gasteiger partial charge in [-0.3, -0.25) is 0 Å². The number of aromatic nitrogens is 2. The van der Waals surface area contributed by atoms with E-state index in [0.29, 0.717) is 18.5 Å². The van der Waals surface area contributed by atoms with Crippen LogP contribution in [-0.4, -0.2) is 29.2 Å². The Morgan fingerprint density at radius 1 is 1.47 bits per heavy atom. The number of nitrogens with zero attached hydrogens (tertiary/aromatic N) is 3. The van der Waals surface area contributed by atoms with Crippen molar-refractivity contribution in [3.8, 4) is 5.88 Å². The van der Waals surface area contributed by atoms with Crippen molar-refractivity contribution in [1.82, 2.24) is 9.97 Å². The van der Waals surface area contributed by atoms with Crippen molar-refractivity contribution in [1.29, 1.82) is 0 Å². The first-order chi connectivity index (χ1) is 7.22. The molecule has 0 bridgehead atoms. The molecule has 0 spiro atoms. The van der Waals surface area contributed by atoms with Crippen molar-refractivity contribution < 1.29 is 4.74 Å². The normalized spacial score (nSPS) is 24.9. The number of hydrogen-bond acceptors (Lipinski definition) is 4. The van der Waals surface area contributed by atoms with Crippen LogP contribution in [0.4, 0.5) is 5.82 Å². The summed E-state index contributed by atoms with van der Waals surface area (Å²) in [6, 6.07) is 2.47. The topological polar surface area (TPSA) is 38.2 Å². The molecule has 2 atom stereocenters. The van der Waals surface area contributed by atoms with E-state index in [2.05, 4.69) is 28.7 Å². The zero-order chi connectivity index (χ0) is 10.8. The molecule has 2 rings (SSSR count). The summed E-state index contributed by atoms with van der Waals surface area (Å²) in [5.74, 6) is 2.38. The fraction of sp³-hybridized carbons (Fsp3) is 0.636. The Bertz CT molecular complexity index is 342. The van der Waals surface area contributed by atoms with Crippen molar-refractivity contribution in [2.45, 2.75) is 26.8 Å². The highest BCUT2D eigenvalue weighted by atomic mass is 16.5. The van der Waals surface area contributed by atoms with E-state index in [1.165, 1.54) is 0 Å². The van der Waals surface area contributed by atoms with Crippen molar-refractivity contribution in [2.24, 2.45) is 5.92 Å². The summed E-state index contributed by atoms with van der Waals surface area (Å²) in [7, 11) is 0. The number of ether oxygens (including phenoxy) is 1. The highest BCUT2D eigenvalue weighted by Gasteiger charge is 2.32. The lowest BCUT2D eigenvalue weighted by Crippen LogP contribution is -2.53. The number of rotatable bonds is 3. The van der Waals surface area contributed by atoms with Crippen LogP contribution in [0.1, 0.15) is 20.8 Å². The van der Waals surface area contributed by atoms with Crippen LogP contribution >= 0.6 is 0 Å². The minimum Gasteiger partial charge on any atom is -0.478 e. The van der Waals surface area contributed by atoms with Crippen LogP contribution < -0.4 is 9.64 Å². The Balaban J connectivity index is 2.12. The molecule has 1 aliphatic rings. The Hall–Kier alpha value is -1.32. The standard InChI is InChI=1S/C11H17N3O/c1-4-15-11-5-10(12-7-13-11)14-6-8(2)9(14)3/h5,7-9H,4,6H2,1-3H3/t8-,9-/m0/s1. The lowest BCUT2D eigenvalue weighted by Gasteiger charge is -2.45. The van der Waals surface area contributed by atoms with E-state index < -0.39 is 0 Å². The van der Waals surface area contributed by atoms with Gasteiger partial charge in [0.1, 0.15) is 12.1 Å². The summed E-state index contributed by atoms with van der Waals surface area (Å²) in [5.41, 5.74) is 0. The molecule has 0 radical (unpaired) electrons. The monoisotopic (exact) mass is 207 g/mol. The maximum Gasteiger partial charge on any atom is 0.218 e. The number of anilines is 1. The lowest BCUT2D eigenvalue weighted by molar-refractivity contribution is 0.320. The molecule has 1 aromatic heterocycles. The van der Waals surface area contributed by atoms with Gasteiger partial charge in [-0.15, -0.1) is 0 Å². The van der Waals surface area contributed by atoms with Crippen LogP contribution in [0.3, 0.4) is 0 Å². The van der Waals surface area contributed by atoms with E-state index in [-0.39, 0.29) is 0 Å². The fourth-order valence-corrected chi connectivity index (χ4v) is 1.81. The summed E-state index contributed by atoms with van der Waals surface area (Å²) in [6.07, 6.45) is 1.57. The molecule has 0 saturated carbocycles. The third-order valence-electron chi connectivity index (χ3n) is 3.01. The highest BCUT2D eigenvalue weighted by molar-refractivity contribution is 5.45. The predicted molar refractivity (Wildman–Crippen MR) is 59.2 cm³/mol. The van der Waals surface area contributed by atoms with Crippen molar-refractivity contribution in [3.05, 3.63) is 12.4 Å². The molecule has 15 heavy (non-hydrogen) atoms. The lowest BCUT2D eigenvalue weighted by atomic mass is 9.92. The molecule has 1 aromatic rings. The zero-order valence-electron chi connectivity index (χ0n) is 9.47. The van der Waals surface area contributed by atoms with Gasteiger partial charge in [0, 0.05) is 18.7 Å². The quantitative estimate of drug-likeness (QED) is 0.756. The first-order valence-electron chi connectivity index (χ1n) is 5.44. The van der Waals surface area contributed by atoms with Gasteiger partial charge < -0.3 is 9.64 Å². The van der Waals surface area contributed by atoms with Crippen molar-refractivity contribution >= 4 is 5.82 Å². The summed E-state index contributed by atoms with van der Waals surface area (Å²) in [5, 5.41) is 0. The maximum atomic E-state index is 5.35. The second kappa shape index (κ2) is 4.04. The average molecular weight is 207 g/mol. The van der Waals surface area contributed by atoms with Gasteiger partial charge in [-0.05, 0) is 19.8 Å². The highest BCUT2D eigenvalue weighted by Crippen LogP contribution is 2.29. The molecule has 0 N–H and O–H groups in total. The summed E-state index contributed by atoms with van der Waals surface area (Å²) >= 11 is 0. The first-order valence-corrected chi connectivity index (χ1v) is 5.44. The van der Waals surface area contributed by atoms with Gasteiger partial charge >= 0.3 is 0 Å².